The molecule has 0 saturated heterocycles. The lowest BCUT2D eigenvalue weighted by molar-refractivity contribution is -0.136. The Bertz CT molecular complexity index is 1130. The van der Waals surface area contributed by atoms with Gasteiger partial charge in [0.2, 0.25) is 0 Å². The van der Waals surface area contributed by atoms with Crippen molar-refractivity contribution in [2.75, 3.05) is 0 Å². The Balaban J connectivity index is 2.01. The largest absolute Gasteiger partial charge is 0.423 e. The Morgan fingerprint density at radius 2 is 1.58 bits per heavy atom. The normalized spacial score (nSPS) is 12.5. The summed E-state index contributed by atoms with van der Waals surface area (Å²) >= 11 is 0. The number of rotatable bonds is 3. The average Bonchev–Trinajstić information content (AvgIpc) is 2.53. The van der Waals surface area contributed by atoms with Crippen LogP contribution in [0, 0.1) is 0 Å². The van der Waals surface area contributed by atoms with Gasteiger partial charge in [-0.1, -0.05) is 18.2 Å². The van der Waals surface area contributed by atoms with E-state index < -0.39 is 26.4 Å². The van der Waals surface area contributed by atoms with Crippen LogP contribution in [0.15, 0.2) is 62.6 Å². The van der Waals surface area contributed by atoms with Crippen LogP contribution in [0.1, 0.15) is 16.7 Å². The summed E-state index contributed by atoms with van der Waals surface area (Å²) in [6, 6.07) is 10.2. The average molecular weight is 403 g/mol. The van der Waals surface area contributed by atoms with E-state index in [2.05, 4.69) is 0 Å². The van der Waals surface area contributed by atoms with Crippen molar-refractivity contribution in [3.63, 3.8) is 0 Å². The SMILES string of the molecule is O=c1cc(C(F)(F)F)c2cc(Cc3ccc(S(=O)(=O)Cl)cc3)ccc2o1. The molecular formula is C17H10ClF3O4S. The highest BCUT2D eigenvalue weighted by molar-refractivity contribution is 8.13. The molecule has 0 bridgehead atoms. The first-order valence-electron chi connectivity index (χ1n) is 7.21. The van der Waals surface area contributed by atoms with Gasteiger partial charge >= 0.3 is 11.8 Å². The lowest BCUT2D eigenvalue weighted by Gasteiger charge is -2.10. The molecule has 0 unspecified atom stereocenters. The maximum Gasteiger partial charge on any atom is 0.417 e. The minimum atomic E-state index is -4.69. The molecule has 0 fully saturated rings. The summed E-state index contributed by atoms with van der Waals surface area (Å²) in [6.07, 6.45) is -4.43. The predicted molar refractivity (Wildman–Crippen MR) is 89.8 cm³/mol. The zero-order valence-corrected chi connectivity index (χ0v) is 14.5. The second kappa shape index (κ2) is 6.44. The fourth-order valence-corrected chi connectivity index (χ4v) is 3.33. The molecule has 4 nitrogen and oxygen atoms in total. The minimum absolute atomic E-state index is 0.0671. The van der Waals surface area contributed by atoms with Gasteiger partial charge < -0.3 is 4.42 Å². The number of halogens is 4. The monoisotopic (exact) mass is 402 g/mol. The van der Waals surface area contributed by atoms with Crippen molar-refractivity contribution in [1.29, 1.82) is 0 Å². The summed E-state index contributed by atoms with van der Waals surface area (Å²) in [7, 11) is 1.40. The third kappa shape index (κ3) is 3.91. The highest BCUT2D eigenvalue weighted by Crippen LogP contribution is 2.34. The maximum absolute atomic E-state index is 13.2. The molecule has 1 aromatic heterocycles. The molecule has 3 rings (SSSR count). The van der Waals surface area contributed by atoms with E-state index in [1.165, 1.54) is 42.5 Å². The fraction of sp³-hybridized carbons (Fsp3) is 0.118. The second-order valence-electron chi connectivity index (χ2n) is 5.57. The topological polar surface area (TPSA) is 64.3 Å². The van der Waals surface area contributed by atoms with Crippen LogP contribution < -0.4 is 5.63 Å². The van der Waals surface area contributed by atoms with E-state index in [9.17, 15) is 26.4 Å². The van der Waals surface area contributed by atoms with Crippen molar-refractivity contribution in [2.24, 2.45) is 0 Å². The molecule has 0 aliphatic carbocycles. The number of alkyl halides is 3. The van der Waals surface area contributed by atoms with Gasteiger partial charge in [-0.2, -0.15) is 13.2 Å². The van der Waals surface area contributed by atoms with E-state index in [4.69, 9.17) is 15.1 Å². The Hall–Kier alpha value is -2.32. The third-order valence-electron chi connectivity index (χ3n) is 3.73. The van der Waals surface area contributed by atoms with E-state index in [1.54, 1.807) is 0 Å². The van der Waals surface area contributed by atoms with E-state index in [0.717, 1.165) is 0 Å². The van der Waals surface area contributed by atoms with Crippen LogP contribution in [-0.4, -0.2) is 8.42 Å². The number of benzene rings is 2. The van der Waals surface area contributed by atoms with Crippen LogP contribution in [0.25, 0.3) is 11.0 Å². The highest BCUT2D eigenvalue weighted by Gasteiger charge is 2.33. The molecule has 2 aromatic carbocycles. The molecule has 0 radical (unpaired) electrons. The van der Waals surface area contributed by atoms with Crippen molar-refractivity contribution in [1.82, 2.24) is 0 Å². The first kappa shape index (κ1) is 18.5. The van der Waals surface area contributed by atoms with Gasteiger partial charge in [0.25, 0.3) is 9.05 Å². The zero-order chi connectivity index (χ0) is 19.1. The Morgan fingerprint density at radius 1 is 0.962 bits per heavy atom. The van der Waals surface area contributed by atoms with Crippen molar-refractivity contribution < 1.29 is 26.0 Å². The first-order valence-corrected chi connectivity index (χ1v) is 9.52. The molecule has 3 aromatic rings. The Labute approximate surface area is 150 Å². The second-order valence-corrected chi connectivity index (χ2v) is 8.13. The van der Waals surface area contributed by atoms with Crippen LogP contribution >= 0.6 is 10.7 Å². The predicted octanol–water partition coefficient (Wildman–Crippen LogP) is 4.33. The minimum Gasteiger partial charge on any atom is -0.423 e. The van der Waals surface area contributed by atoms with Gasteiger partial charge in [0, 0.05) is 22.1 Å². The van der Waals surface area contributed by atoms with Crippen molar-refractivity contribution in [3.05, 3.63) is 75.6 Å². The standard InChI is InChI=1S/C17H10ClF3O4S/c18-26(23,24)12-4-1-10(2-5-12)7-11-3-6-15-13(8-11)14(17(19,20)21)9-16(22)25-15/h1-6,8-9H,7H2. The van der Waals surface area contributed by atoms with E-state index in [1.807, 2.05) is 0 Å². The fourth-order valence-electron chi connectivity index (χ4n) is 2.56. The van der Waals surface area contributed by atoms with Crippen LogP contribution in [0.3, 0.4) is 0 Å². The maximum atomic E-state index is 13.2. The molecule has 0 N–H and O–H groups in total. The van der Waals surface area contributed by atoms with E-state index >= 15 is 0 Å². The summed E-state index contributed by atoms with van der Waals surface area (Å²) in [5.74, 6) is 0. The smallest absolute Gasteiger partial charge is 0.417 e. The quantitative estimate of drug-likeness (QED) is 0.483. The van der Waals surface area contributed by atoms with Gasteiger partial charge in [0.05, 0.1) is 10.5 Å². The molecule has 0 saturated carbocycles. The molecule has 0 aliphatic rings. The molecule has 136 valence electrons. The van der Waals surface area contributed by atoms with Crippen molar-refractivity contribution >= 4 is 30.7 Å². The van der Waals surface area contributed by atoms with E-state index in [0.29, 0.717) is 17.2 Å². The summed E-state index contributed by atoms with van der Waals surface area (Å²) in [4.78, 5) is 11.2. The van der Waals surface area contributed by atoms with Crippen molar-refractivity contribution in [3.8, 4) is 0 Å². The van der Waals surface area contributed by atoms with Gasteiger partial charge in [0.15, 0.2) is 0 Å². The highest BCUT2D eigenvalue weighted by atomic mass is 35.7. The van der Waals surface area contributed by atoms with Crippen LogP contribution in [0.5, 0.6) is 0 Å². The molecule has 0 spiro atoms. The Kier molecular flexibility index (Phi) is 4.58. The summed E-state index contributed by atoms with van der Waals surface area (Å²) in [5.41, 5.74) is -1.07. The summed E-state index contributed by atoms with van der Waals surface area (Å²) in [5, 5.41) is -0.213. The van der Waals surface area contributed by atoms with Gasteiger partial charge in [-0.3, -0.25) is 0 Å². The zero-order valence-electron chi connectivity index (χ0n) is 12.9. The molecule has 0 amide bonds. The molecule has 1 heterocycles. The molecule has 9 heteroatoms. The molecule has 26 heavy (non-hydrogen) atoms. The summed E-state index contributed by atoms with van der Waals surface area (Å²) < 4.78 is 66.8. The van der Waals surface area contributed by atoms with Crippen LogP contribution in [-0.2, 0) is 21.6 Å². The van der Waals surface area contributed by atoms with Gasteiger partial charge in [-0.25, -0.2) is 13.2 Å². The summed E-state index contributed by atoms with van der Waals surface area (Å²) in [6.45, 7) is 0. The van der Waals surface area contributed by atoms with Crippen LogP contribution in [0.4, 0.5) is 13.2 Å². The molecule has 0 atom stereocenters. The number of fused-ring (bicyclic) bond motifs is 1. The van der Waals surface area contributed by atoms with Crippen molar-refractivity contribution in [2.45, 2.75) is 17.5 Å². The van der Waals surface area contributed by atoms with E-state index in [-0.39, 0.29) is 22.3 Å². The number of hydrogen-bond acceptors (Lipinski definition) is 4. The first-order chi connectivity index (χ1) is 12.0. The van der Waals surface area contributed by atoms with Gasteiger partial charge in [-0.15, -0.1) is 0 Å². The third-order valence-corrected chi connectivity index (χ3v) is 5.10. The number of hydrogen-bond donors (Lipinski definition) is 0. The van der Waals surface area contributed by atoms with Gasteiger partial charge in [0.1, 0.15) is 5.58 Å². The van der Waals surface area contributed by atoms with Crippen LogP contribution in [0.2, 0.25) is 0 Å². The lowest BCUT2D eigenvalue weighted by Crippen LogP contribution is -2.11. The lowest BCUT2D eigenvalue weighted by atomic mass is 10.0. The molecule has 0 aliphatic heterocycles. The Morgan fingerprint density at radius 3 is 2.15 bits per heavy atom. The molecular weight excluding hydrogens is 393 g/mol. The van der Waals surface area contributed by atoms with Gasteiger partial charge in [-0.05, 0) is 41.8 Å².